The van der Waals surface area contributed by atoms with Crippen LogP contribution in [0.25, 0.3) is 0 Å². The summed E-state index contributed by atoms with van der Waals surface area (Å²) in [6.45, 7) is 0. The molecule has 0 aliphatic rings. The molecule has 19 heavy (non-hydrogen) atoms. The number of benzene rings is 2. The number of aryl methyl sites for hydroxylation is 1. The van der Waals surface area contributed by atoms with Crippen molar-refractivity contribution in [1.29, 1.82) is 0 Å². The lowest BCUT2D eigenvalue weighted by molar-refractivity contribution is 0.578. The second kappa shape index (κ2) is 6.80. The molecule has 2 aromatic rings. The molecule has 0 bridgehead atoms. The van der Waals surface area contributed by atoms with E-state index in [4.69, 9.17) is 0 Å². The highest BCUT2D eigenvalue weighted by Crippen LogP contribution is 2.28. The van der Waals surface area contributed by atoms with E-state index >= 15 is 0 Å². The van der Waals surface area contributed by atoms with Gasteiger partial charge < -0.3 is 0 Å². The van der Waals surface area contributed by atoms with Crippen molar-refractivity contribution in [3.05, 3.63) is 71.3 Å². The molecule has 0 spiro atoms. The zero-order chi connectivity index (χ0) is 13.7. The molecule has 0 aliphatic carbocycles. The first-order chi connectivity index (χ1) is 9.15. The molecule has 2 aromatic carbocycles. The van der Waals surface area contributed by atoms with Crippen molar-refractivity contribution in [2.45, 2.75) is 24.1 Å². The Hall–Kier alpha value is -1.22. The predicted molar refractivity (Wildman–Crippen MR) is 77.4 cm³/mol. The Labute approximate surface area is 120 Å². The van der Waals surface area contributed by atoms with Gasteiger partial charge in [0.2, 0.25) is 0 Å². The number of hydrogen-bond acceptors (Lipinski definition) is 0. The van der Waals surface area contributed by atoms with Crippen molar-refractivity contribution in [3.63, 3.8) is 0 Å². The number of hydrogen-bond donors (Lipinski definition) is 0. The molecule has 0 amide bonds. The second-order valence-corrected chi connectivity index (χ2v) is 5.65. The van der Waals surface area contributed by atoms with Gasteiger partial charge in [-0.2, -0.15) is 0 Å². The second-order valence-electron chi connectivity index (χ2n) is 4.55. The maximum Gasteiger partial charge on any atom is 0.126 e. The van der Waals surface area contributed by atoms with E-state index in [1.807, 2.05) is 18.2 Å². The molecule has 0 radical (unpaired) electrons. The SMILES string of the molecule is Fc1cc(F)cc(CCCC(Br)c2ccccc2)c1. The first-order valence-electron chi connectivity index (χ1n) is 6.29. The minimum Gasteiger partial charge on any atom is -0.207 e. The van der Waals surface area contributed by atoms with Crippen LogP contribution < -0.4 is 0 Å². The lowest BCUT2D eigenvalue weighted by atomic mass is 10.0. The molecular formula is C16H15BrF2. The van der Waals surface area contributed by atoms with Crippen LogP contribution in [0.3, 0.4) is 0 Å². The van der Waals surface area contributed by atoms with Crippen LogP contribution in [0, 0.1) is 11.6 Å². The Morgan fingerprint density at radius 1 is 0.947 bits per heavy atom. The summed E-state index contributed by atoms with van der Waals surface area (Å²) in [6, 6.07) is 13.8. The average Bonchev–Trinajstić information content (AvgIpc) is 2.38. The van der Waals surface area contributed by atoms with E-state index in [2.05, 4.69) is 28.1 Å². The molecule has 0 saturated carbocycles. The van der Waals surface area contributed by atoms with Gasteiger partial charge >= 0.3 is 0 Å². The summed E-state index contributed by atoms with van der Waals surface area (Å²) in [7, 11) is 0. The topological polar surface area (TPSA) is 0 Å². The van der Waals surface area contributed by atoms with Crippen LogP contribution in [0.5, 0.6) is 0 Å². The van der Waals surface area contributed by atoms with Crippen LogP contribution in [-0.4, -0.2) is 0 Å². The molecule has 0 saturated heterocycles. The van der Waals surface area contributed by atoms with Gasteiger partial charge in [0.1, 0.15) is 11.6 Å². The quantitative estimate of drug-likeness (QED) is 0.644. The molecule has 0 aliphatic heterocycles. The lowest BCUT2D eigenvalue weighted by Gasteiger charge is -2.10. The monoisotopic (exact) mass is 324 g/mol. The smallest absolute Gasteiger partial charge is 0.126 e. The maximum atomic E-state index is 13.0. The molecule has 2 rings (SSSR count). The predicted octanol–water partition coefficient (Wildman–Crippen LogP) is 5.42. The van der Waals surface area contributed by atoms with E-state index in [1.54, 1.807) is 0 Å². The summed E-state index contributed by atoms with van der Waals surface area (Å²) < 4.78 is 26.1. The molecule has 0 heterocycles. The van der Waals surface area contributed by atoms with Gasteiger partial charge in [-0.05, 0) is 42.5 Å². The Balaban J connectivity index is 1.86. The first kappa shape index (κ1) is 14.2. The molecule has 100 valence electrons. The largest absolute Gasteiger partial charge is 0.207 e. The van der Waals surface area contributed by atoms with Crippen molar-refractivity contribution >= 4 is 15.9 Å². The molecule has 0 nitrogen and oxygen atoms in total. The lowest BCUT2D eigenvalue weighted by Crippen LogP contribution is -1.94. The fourth-order valence-corrected chi connectivity index (χ4v) is 2.70. The van der Waals surface area contributed by atoms with Crippen LogP contribution in [0.4, 0.5) is 8.78 Å². The number of alkyl halides is 1. The molecule has 0 fully saturated rings. The fraction of sp³-hybridized carbons (Fsp3) is 0.250. The van der Waals surface area contributed by atoms with E-state index < -0.39 is 11.6 Å². The van der Waals surface area contributed by atoms with Crippen LogP contribution in [-0.2, 0) is 6.42 Å². The summed E-state index contributed by atoms with van der Waals surface area (Å²) in [5.41, 5.74) is 1.94. The Morgan fingerprint density at radius 3 is 2.21 bits per heavy atom. The van der Waals surface area contributed by atoms with Gasteiger partial charge in [0.15, 0.2) is 0 Å². The molecular weight excluding hydrogens is 310 g/mol. The van der Waals surface area contributed by atoms with Crippen molar-refractivity contribution < 1.29 is 8.78 Å². The van der Waals surface area contributed by atoms with Gasteiger partial charge in [-0.15, -0.1) is 0 Å². The first-order valence-corrected chi connectivity index (χ1v) is 7.21. The number of halogens is 3. The van der Waals surface area contributed by atoms with Gasteiger partial charge in [-0.3, -0.25) is 0 Å². The molecule has 1 atom stereocenters. The third-order valence-corrected chi connectivity index (χ3v) is 3.99. The van der Waals surface area contributed by atoms with Crippen molar-refractivity contribution in [2.75, 3.05) is 0 Å². The highest BCUT2D eigenvalue weighted by molar-refractivity contribution is 9.09. The van der Waals surface area contributed by atoms with Gasteiger partial charge in [0, 0.05) is 10.9 Å². The zero-order valence-corrected chi connectivity index (χ0v) is 12.0. The van der Waals surface area contributed by atoms with E-state index in [9.17, 15) is 8.78 Å². The van der Waals surface area contributed by atoms with Gasteiger partial charge in [0.25, 0.3) is 0 Å². The van der Waals surface area contributed by atoms with Crippen molar-refractivity contribution in [1.82, 2.24) is 0 Å². The van der Waals surface area contributed by atoms with Crippen LogP contribution in [0.2, 0.25) is 0 Å². The van der Waals surface area contributed by atoms with Crippen LogP contribution >= 0.6 is 15.9 Å². The Morgan fingerprint density at radius 2 is 1.58 bits per heavy atom. The number of rotatable bonds is 5. The van der Waals surface area contributed by atoms with E-state index in [-0.39, 0.29) is 4.83 Å². The minimum atomic E-state index is -0.506. The van der Waals surface area contributed by atoms with Crippen LogP contribution in [0.15, 0.2) is 48.5 Å². The summed E-state index contributed by atoms with van der Waals surface area (Å²) in [6.07, 6.45) is 2.50. The van der Waals surface area contributed by atoms with Crippen LogP contribution in [0.1, 0.15) is 28.8 Å². The highest BCUT2D eigenvalue weighted by atomic mass is 79.9. The highest BCUT2D eigenvalue weighted by Gasteiger charge is 2.07. The summed E-state index contributed by atoms with van der Waals surface area (Å²) in [5.74, 6) is -1.01. The maximum absolute atomic E-state index is 13.0. The molecule has 0 N–H and O–H groups in total. The van der Waals surface area contributed by atoms with E-state index in [1.165, 1.54) is 17.7 Å². The normalized spacial score (nSPS) is 12.4. The van der Waals surface area contributed by atoms with E-state index in [0.29, 0.717) is 12.0 Å². The van der Waals surface area contributed by atoms with E-state index in [0.717, 1.165) is 18.9 Å². The summed E-state index contributed by atoms with van der Waals surface area (Å²) in [4.78, 5) is 0.284. The summed E-state index contributed by atoms with van der Waals surface area (Å²) in [5, 5.41) is 0. The third kappa shape index (κ3) is 4.43. The van der Waals surface area contributed by atoms with Gasteiger partial charge in [-0.25, -0.2) is 8.78 Å². The molecule has 3 heteroatoms. The van der Waals surface area contributed by atoms with Gasteiger partial charge in [-0.1, -0.05) is 46.3 Å². The Kier molecular flexibility index (Phi) is 5.08. The Bertz CT molecular complexity index is 505. The minimum absolute atomic E-state index is 0.284. The standard InChI is InChI=1S/C16H15BrF2/c17-16(13-6-2-1-3-7-13)8-4-5-12-9-14(18)11-15(19)10-12/h1-3,6-7,9-11,16H,4-5,8H2. The molecule has 1 unspecified atom stereocenters. The summed E-state index contributed by atoms with van der Waals surface area (Å²) >= 11 is 3.64. The fourth-order valence-electron chi connectivity index (χ4n) is 2.07. The third-order valence-electron chi connectivity index (χ3n) is 3.01. The van der Waals surface area contributed by atoms with Crippen molar-refractivity contribution in [2.24, 2.45) is 0 Å². The average molecular weight is 325 g/mol. The molecule has 0 aromatic heterocycles. The van der Waals surface area contributed by atoms with Crippen molar-refractivity contribution in [3.8, 4) is 0 Å². The zero-order valence-electron chi connectivity index (χ0n) is 10.5. The van der Waals surface area contributed by atoms with Gasteiger partial charge in [0.05, 0.1) is 0 Å².